The molecule has 4 aromatic rings. The first-order chi connectivity index (χ1) is 15.3. The van der Waals surface area contributed by atoms with E-state index in [1.165, 1.54) is 0 Å². The molecule has 4 rings (SSSR count). The van der Waals surface area contributed by atoms with E-state index in [9.17, 15) is 9.90 Å². The molecule has 8 nitrogen and oxygen atoms in total. The second-order valence-corrected chi connectivity index (χ2v) is 8.06. The molecule has 3 aromatic heterocycles. The van der Waals surface area contributed by atoms with E-state index in [1.54, 1.807) is 23.0 Å². The molecular weight excluding hydrogens is 428 g/mol. The third kappa shape index (κ3) is 4.56. The molecule has 0 aliphatic heterocycles. The molecule has 32 heavy (non-hydrogen) atoms. The topological polar surface area (TPSA) is 119 Å². The number of aromatic nitrogens is 4. The Morgan fingerprint density at radius 2 is 2.03 bits per heavy atom. The van der Waals surface area contributed by atoms with Gasteiger partial charge >= 0.3 is 0 Å². The number of aliphatic hydroxyl groups is 1. The van der Waals surface area contributed by atoms with Gasteiger partial charge in [0.05, 0.1) is 10.5 Å². The van der Waals surface area contributed by atoms with Gasteiger partial charge in [0.1, 0.15) is 23.9 Å². The third-order valence-electron chi connectivity index (χ3n) is 5.30. The van der Waals surface area contributed by atoms with Crippen LogP contribution < -0.4 is 11.1 Å². The summed E-state index contributed by atoms with van der Waals surface area (Å²) in [7, 11) is 0. The number of nitrogens with two attached hydrogens (primary N) is 1. The summed E-state index contributed by atoms with van der Waals surface area (Å²) in [5.41, 5.74) is 10.5. The minimum atomic E-state index is -0.330. The van der Waals surface area contributed by atoms with E-state index in [-0.39, 0.29) is 18.2 Å². The van der Waals surface area contributed by atoms with Crippen molar-refractivity contribution in [1.82, 2.24) is 24.8 Å². The van der Waals surface area contributed by atoms with E-state index >= 15 is 0 Å². The van der Waals surface area contributed by atoms with Crippen molar-refractivity contribution in [3.05, 3.63) is 81.7 Å². The van der Waals surface area contributed by atoms with E-state index in [2.05, 4.69) is 20.3 Å². The number of nitrogen functional groups attached to an aromatic ring is 1. The first-order valence-corrected chi connectivity index (χ1v) is 10.4. The number of aryl methyl sites for hydroxylation is 2. The van der Waals surface area contributed by atoms with Crippen LogP contribution in [0.3, 0.4) is 0 Å². The fourth-order valence-corrected chi connectivity index (χ4v) is 3.86. The number of nitrogens with one attached hydrogen (secondary N) is 1. The molecule has 0 aliphatic carbocycles. The Balaban J connectivity index is 1.52. The average Bonchev–Trinajstić information content (AvgIpc) is 3.15. The molecule has 0 atom stereocenters. The number of amides is 1. The molecule has 0 spiro atoms. The molecule has 0 radical (unpaired) electrons. The molecule has 4 N–H and O–H groups in total. The molecule has 9 heteroatoms. The zero-order valence-corrected chi connectivity index (χ0v) is 18.5. The van der Waals surface area contributed by atoms with Crippen LogP contribution in [0.5, 0.6) is 0 Å². The number of halogens is 1. The summed E-state index contributed by atoms with van der Waals surface area (Å²) in [6.07, 6.45) is 3.25. The Labute approximate surface area is 190 Å². The summed E-state index contributed by atoms with van der Waals surface area (Å²) in [5, 5.41) is 14.1. The maximum Gasteiger partial charge on any atom is 0.271 e. The number of benzene rings is 1. The van der Waals surface area contributed by atoms with Crippen LogP contribution in [0.2, 0.25) is 5.02 Å². The lowest BCUT2D eigenvalue weighted by molar-refractivity contribution is 0.0946. The highest BCUT2D eigenvalue weighted by atomic mass is 35.5. The van der Waals surface area contributed by atoms with Gasteiger partial charge in [0.2, 0.25) is 0 Å². The second kappa shape index (κ2) is 8.94. The number of carbonyl (C=O) groups is 1. The van der Waals surface area contributed by atoms with E-state index in [4.69, 9.17) is 17.3 Å². The summed E-state index contributed by atoms with van der Waals surface area (Å²) >= 11 is 6.05. The monoisotopic (exact) mass is 450 g/mol. The molecule has 3 heterocycles. The van der Waals surface area contributed by atoms with Crippen molar-refractivity contribution in [3.8, 4) is 0 Å². The Morgan fingerprint density at radius 3 is 2.78 bits per heavy atom. The van der Waals surface area contributed by atoms with Crippen LogP contribution in [0.25, 0.3) is 10.9 Å². The van der Waals surface area contributed by atoms with Gasteiger partial charge in [-0.3, -0.25) is 9.78 Å². The van der Waals surface area contributed by atoms with Crippen molar-refractivity contribution >= 4 is 34.2 Å². The number of hydrogen-bond acceptors (Lipinski definition) is 6. The number of aliphatic hydroxyl groups excluding tert-OH is 1. The molecule has 164 valence electrons. The van der Waals surface area contributed by atoms with Gasteiger partial charge in [-0.2, -0.15) is 0 Å². The van der Waals surface area contributed by atoms with Crippen LogP contribution in [-0.2, 0) is 19.7 Å². The Bertz CT molecular complexity index is 1290. The summed E-state index contributed by atoms with van der Waals surface area (Å²) in [6, 6.07) is 9.47. The fraction of sp³-hybridized carbons (Fsp3) is 0.217. The number of pyridine rings is 2. The van der Waals surface area contributed by atoms with Gasteiger partial charge in [0.25, 0.3) is 5.91 Å². The predicted octanol–water partition coefficient (Wildman–Crippen LogP) is 3.15. The van der Waals surface area contributed by atoms with Gasteiger partial charge in [-0.15, -0.1) is 0 Å². The minimum absolute atomic E-state index is 0.235. The average molecular weight is 451 g/mol. The first-order valence-electron chi connectivity index (χ1n) is 10.1. The summed E-state index contributed by atoms with van der Waals surface area (Å²) in [6.45, 7) is 4.25. The predicted molar refractivity (Wildman–Crippen MR) is 123 cm³/mol. The third-order valence-corrected chi connectivity index (χ3v) is 5.50. The number of rotatable bonds is 6. The lowest BCUT2D eigenvalue weighted by atomic mass is 10.1. The van der Waals surface area contributed by atoms with Gasteiger partial charge in [0.15, 0.2) is 0 Å². The Morgan fingerprint density at radius 1 is 1.22 bits per heavy atom. The van der Waals surface area contributed by atoms with E-state index < -0.39 is 0 Å². The fourth-order valence-electron chi connectivity index (χ4n) is 3.69. The molecule has 0 bridgehead atoms. The smallest absolute Gasteiger partial charge is 0.271 e. The highest BCUT2D eigenvalue weighted by molar-refractivity contribution is 6.31. The van der Waals surface area contributed by atoms with Crippen LogP contribution in [0.4, 0.5) is 5.82 Å². The van der Waals surface area contributed by atoms with Crippen LogP contribution in [-0.4, -0.2) is 30.5 Å². The van der Waals surface area contributed by atoms with Crippen molar-refractivity contribution in [2.75, 3.05) is 5.73 Å². The summed E-state index contributed by atoms with van der Waals surface area (Å²) in [4.78, 5) is 25.6. The lowest BCUT2D eigenvalue weighted by Gasteiger charge is -2.10. The van der Waals surface area contributed by atoms with Gasteiger partial charge in [0, 0.05) is 36.6 Å². The zero-order chi connectivity index (χ0) is 22.8. The van der Waals surface area contributed by atoms with Crippen molar-refractivity contribution in [3.63, 3.8) is 0 Å². The summed E-state index contributed by atoms with van der Waals surface area (Å²) in [5.74, 6) is 0.526. The molecule has 0 saturated carbocycles. The minimum Gasteiger partial charge on any atom is -0.388 e. The largest absolute Gasteiger partial charge is 0.388 e. The highest BCUT2D eigenvalue weighted by Crippen LogP contribution is 2.20. The van der Waals surface area contributed by atoms with Crippen LogP contribution in [0.1, 0.15) is 38.7 Å². The molecule has 0 aliphatic rings. The molecule has 1 aromatic carbocycles. The van der Waals surface area contributed by atoms with E-state index in [0.717, 1.165) is 33.3 Å². The maximum atomic E-state index is 12.7. The molecular formula is C23H23ClN6O2. The van der Waals surface area contributed by atoms with Gasteiger partial charge < -0.3 is 20.7 Å². The number of hydrogen-bond donors (Lipinski definition) is 3. The molecule has 0 saturated heterocycles. The van der Waals surface area contributed by atoms with Crippen molar-refractivity contribution in [2.24, 2.45) is 0 Å². The van der Waals surface area contributed by atoms with Gasteiger partial charge in [-0.25, -0.2) is 9.97 Å². The second-order valence-electron chi connectivity index (χ2n) is 7.62. The maximum absolute atomic E-state index is 12.7. The van der Waals surface area contributed by atoms with Gasteiger partial charge in [-0.1, -0.05) is 17.7 Å². The molecule has 0 unspecified atom stereocenters. The lowest BCUT2D eigenvalue weighted by Crippen LogP contribution is -2.24. The SMILES string of the molecule is Cc1cc(N)nc(C)c1CNC(=O)c1cn(Cc2ccc3ncc(Cl)cc3c2)c(CO)n1. The number of fused-ring (bicyclic) bond motifs is 1. The quantitative estimate of drug-likeness (QED) is 0.415. The Kier molecular flexibility index (Phi) is 6.07. The van der Waals surface area contributed by atoms with Crippen molar-refractivity contribution < 1.29 is 9.90 Å². The molecule has 0 fully saturated rings. The Hall–Kier alpha value is -3.49. The normalized spacial score (nSPS) is 11.1. The number of nitrogens with zero attached hydrogens (tertiary/aromatic N) is 4. The number of carbonyl (C=O) groups excluding carboxylic acids is 1. The van der Waals surface area contributed by atoms with Crippen LogP contribution in [0, 0.1) is 13.8 Å². The van der Waals surface area contributed by atoms with Gasteiger partial charge in [-0.05, 0) is 54.8 Å². The van der Waals surface area contributed by atoms with E-state index in [1.807, 2.05) is 38.1 Å². The van der Waals surface area contributed by atoms with Crippen LogP contribution in [0.15, 0.2) is 42.7 Å². The molecule has 1 amide bonds. The number of anilines is 1. The standard InChI is InChI=1S/C23H23ClN6O2/c1-13-5-21(25)28-14(2)18(13)9-27-23(32)20-11-30(22(12-31)29-20)10-15-3-4-19-16(6-15)7-17(24)8-26-19/h3-8,11,31H,9-10,12H2,1-2H3,(H2,25,28)(H,27,32). The zero-order valence-electron chi connectivity index (χ0n) is 17.8. The van der Waals surface area contributed by atoms with Crippen molar-refractivity contribution in [1.29, 1.82) is 0 Å². The summed E-state index contributed by atoms with van der Waals surface area (Å²) < 4.78 is 1.76. The first kappa shape index (κ1) is 21.7. The number of imidazole rings is 1. The highest BCUT2D eigenvalue weighted by Gasteiger charge is 2.15. The van der Waals surface area contributed by atoms with Crippen molar-refractivity contribution in [2.45, 2.75) is 33.5 Å². The van der Waals surface area contributed by atoms with Crippen LogP contribution >= 0.6 is 11.6 Å². The van der Waals surface area contributed by atoms with E-state index in [0.29, 0.717) is 29.8 Å².